The van der Waals surface area contributed by atoms with Crippen LogP contribution in [0.15, 0.2) is 82.8 Å². The van der Waals surface area contributed by atoms with Gasteiger partial charge in [0.25, 0.3) is 5.69 Å². The van der Waals surface area contributed by atoms with E-state index < -0.39 is 10.9 Å². The second-order valence-electron chi connectivity index (χ2n) is 5.31. The van der Waals surface area contributed by atoms with Crippen molar-refractivity contribution in [3.05, 3.63) is 94.3 Å². The van der Waals surface area contributed by atoms with Crippen molar-refractivity contribution in [1.29, 1.82) is 0 Å². The average molecular weight is 366 g/mol. The first-order valence-electron chi connectivity index (χ1n) is 7.70. The summed E-state index contributed by atoms with van der Waals surface area (Å²) in [5.41, 5.74) is 1.41. The van der Waals surface area contributed by atoms with E-state index in [2.05, 4.69) is 4.98 Å². The predicted octanol–water partition coefficient (Wildman–Crippen LogP) is 4.50. The first-order chi connectivity index (χ1) is 12.6. The molecule has 3 aromatic rings. The van der Waals surface area contributed by atoms with Gasteiger partial charge in [-0.3, -0.25) is 15.1 Å². The van der Waals surface area contributed by atoms with Crippen molar-refractivity contribution in [3.8, 4) is 0 Å². The van der Waals surface area contributed by atoms with Crippen LogP contribution in [0, 0.1) is 10.1 Å². The molecule has 0 aliphatic heterocycles. The molecule has 0 radical (unpaired) electrons. The summed E-state index contributed by atoms with van der Waals surface area (Å²) in [4.78, 5) is 27.9. The largest absolute Gasteiger partial charge is 0.457 e. The monoisotopic (exact) mass is 366 g/mol. The molecule has 7 heteroatoms. The molecule has 0 aliphatic carbocycles. The standard InChI is InChI=1S/C19H14N2O4S/c22-19(15-9-11-20-12-10-15)25-13-14-1-5-17(6-2-14)26-18-7-3-16(4-8-18)21(23)24/h1-12H,13H2. The quantitative estimate of drug-likeness (QED) is 0.363. The van der Waals surface area contributed by atoms with Gasteiger partial charge in [-0.05, 0) is 42.0 Å². The number of hydrogen-bond acceptors (Lipinski definition) is 6. The van der Waals surface area contributed by atoms with Gasteiger partial charge in [-0.25, -0.2) is 4.79 Å². The summed E-state index contributed by atoms with van der Waals surface area (Å²) in [5.74, 6) is -0.392. The Hall–Kier alpha value is -3.19. The minimum atomic E-state index is -0.420. The highest BCUT2D eigenvalue weighted by molar-refractivity contribution is 7.99. The maximum Gasteiger partial charge on any atom is 0.338 e. The van der Waals surface area contributed by atoms with Gasteiger partial charge in [0.15, 0.2) is 0 Å². The molecule has 0 amide bonds. The fourth-order valence-electron chi connectivity index (χ4n) is 2.15. The summed E-state index contributed by atoms with van der Waals surface area (Å²) >= 11 is 1.50. The summed E-state index contributed by atoms with van der Waals surface area (Å²) in [6.45, 7) is 0.184. The number of nitrogens with zero attached hydrogens (tertiary/aromatic N) is 2. The predicted molar refractivity (Wildman–Crippen MR) is 97.0 cm³/mol. The Morgan fingerprint density at radius 2 is 1.54 bits per heavy atom. The molecule has 0 atom stereocenters. The molecule has 0 saturated heterocycles. The van der Waals surface area contributed by atoms with Crippen molar-refractivity contribution in [2.24, 2.45) is 0 Å². The van der Waals surface area contributed by atoms with Crippen molar-refractivity contribution in [3.63, 3.8) is 0 Å². The van der Waals surface area contributed by atoms with Crippen LogP contribution in [-0.2, 0) is 11.3 Å². The number of nitro groups is 1. The van der Waals surface area contributed by atoms with Crippen LogP contribution < -0.4 is 0 Å². The second kappa shape index (κ2) is 8.26. The Bertz CT molecular complexity index is 897. The van der Waals surface area contributed by atoms with Gasteiger partial charge in [0.2, 0.25) is 0 Å². The maximum absolute atomic E-state index is 11.9. The molecule has 0 bridgehead atoms. The van der Waals surface area contributed by atoms with Crippen molar-refractivity contribution >= 4 is 23.4 Å². The molecular weight excluding hydrogens is 352 g/mol. The Labute approximate surface area is 154 Å². The van der Waals surface area contributed by atoms with Gasteiger partial charge in [0.1, 0.15) is 6.61 Å². The van der Waals surface area contributed by atoms with Gasteiger partial charge in [0, 0.05) is 34.3 Å². The first-order valence-corrected chi connectivity index (χ1v) is 8.52. The van der Waals surface area contributed by atoms with Crippen LogP contribution in [0.25, 0.3) is 0 Å². The lowest BCUT2D eigenvalue weighted by atomic mass is 10.2. The molecule has 0 N–H and O–H groups in total. The number of non-ortho nitro benzene ring substituents is 1. The third-order valence-corrected chi connectivity index (χ3v) is 4.51. The molecule has 3 rings (SSSR count). The van der Waals surface area contributed by atoms with Crippen LogP contribution in [0.5, 0.6) is 0 Å². The topological polar surface area (TPSA) is 82.3 Å². The molecule has 1 heterocycles. The first kappa shape index (κ1) is 17.6. The SMILES string of the molecule is O=C(OCc1ccc(Sc2ccc([N+](=O)[O-])cc2)cc1)c1ccncc1. The van der Waals surface area contributed by atoms with Crippen molar-refractivity contribution in [2.45, 2.75) is 16.4 Å². The number of ether oxygens (including phenoxy) is 1. The lowest BCUT2D eigenvalue weighted by Crippen LogP contribution is -2.05. The Morgan fingerprint density at radius 1 is 0.962 bits per heavy atom. The van der Waals surface area contributed by atoms with E-state index in [4.69, 9.17) is 4.74 Å². The molecule has 0 spiro atoms. The van der Waals surface area contributed by atoms with Crippen LogP contribution in [0.1, 0.15) is 15.9 Å². The number of nitro benzene ring substituents is 1. The van der Waals surface area contributed by atoms with Crippen LogP contribution in [0.4, 0.5) is 5.69 Å². The summed E-state index contributed by atoms with van der Waals surface area (Å²) in [7, 11) is 0. The van der Waals surface area contributed by atoms with Crippen LogP contribution in [0.3, 0.4) is 0 Å². The number of aromatic nitrogens is 1. The van der Waals surface area contributed by atoms with E-state index in [1.165, 1.54) is 23.9 Å². The highest BCUT2D eigenvalue weighted by Crippen LogP contribution is 2.29. The zero-order chi connectivity index (χ0) is 18.4. The highest BCUT2D eigenvalue weighted by Gasteiger charge is 2.07. The molecule has 1 aromatic heterocycles. The van der Waals surface area contributed by atoms with Crippen LogP contribution in [0.2, 0.25) is 0 Å². The van der Waals surface area contributed by atoms with E-state index >= 15 is 0 Å². The molecule has 2 aromatic carbocycles. The number of carbonyl (C=O) groups is 1. The number of rotatable bonds is 6. The fraction of sp³-hybridized carbons (Fsp3) is 0.0526. The summed E-state index contributed by atoms with van der Waals surface area (Å²) in [6, 6.07) is 17.2. The zero-order valence-corrected chi connectivity index (χ0v) is 14.4. The molecule has 0 fully saturated rings. The Kier molecular flexibility index (Phi) is 5.60. The second-order valence-corrected chi connectivity index (χ2v) is 6.46. The summed E-state index contributed by atoms with van der Waals surface area (Å²) in [6.07, 6.45) is 3.08. The van der Waals surface area contributed by atoms with E-state index in [9.17, 15) is 14.9 Å². The molecular formula is C19H14N2O4S. The van der Waals surface area contributed by atoms with E-state index in [0.29, 0.717) is 5.56 Å². The normalized spacial score (nSPS) is 10.3. The smallest absolute Gasteiger partial charge is 0.338 e. The third kappa shape index (κ3) is 4.67. The Balaban J connectivity index is 1.56. The number of benzene rings is 2. The van der Waals surface area contributed by atoms with Gasteiger partial charge in [0.05, 0.1) is 10.5 Å². The maximum atomic E-state index is 11.9. The van der Waals surface area contributed by atoms with Gasteiger partial charge >= 0.3 is 5.97 Å². The van der Waals surface area contributed by atoms with Gasteiger partial charge in [-0.15, -0.1) is 0 Å². The minimum Gasteiger partial charge on any atom is -0.457 e. The molecule has 6 nitrogen and oxygen atoms in total. The van der Waals surface area contributed by atoms with Crippen LogP contribution >= 0.6 is 11.8 Å². The van der Waals surface area contributed by atoms with Gasteiger partial charge in [-0.1, -0.05) is 23.9 Å². The van der Waals surface area contributed by atoms with Crippen molar-refractivity contribution < 1.29 is 14.5 Å². The van der Waals surface area contributed by atoms with Crippen molar-refractivity contribution in [1.82, 2.24) is 4.98 Å². The average Bonchev–Trinajstić information content (AvgIpc) is 2.68. The van der Waals surface area contributed by atoms with E-state index in [1.54, 1.807) is 36.7 Å². The molecule has 0 saturated carbocycles. The number of pyridine rings is 1. The third-order valence-electron chi connectivity index (χ3n) is 3.49. The van der Waals surface area contributed by atoms with Crippen LogP contribution in [-0.4, -0.2) is 15.9 Å². The minimum absolute atomic E-state index is 0.0701. The lowest BCUT2D eigenvalue weighted by molar-refractivity contribution is -0.384. The lowest BCUT2D eigenvalue weighted by Gasteiger charge is -2.06. The Morgan fingerprint density at radius 3 is 2.12 bits per heavy atom. The van der Waals surface area contributed by atoms with E-state index in [0.717, 1.165) is 15.4 Å². The van der Waals surface area contributed by atoms with Gasteiger partial charge in [-0.2, -0.15) is 0 Å². The number of hydrogen-bond donors (Lipinski definition) is 0. The fourth-order valence-corrected chi connectivity index (χ4v) is 2.96. The van der Waals surface area contributed by atoms with Crippen molar-refractivity contribution in [2.75, 3.05) is 0 Å². The molecule has 26 heavy (non-hydrogen) atoms. The van der Waals surface area contributed by atoms with E-state index in [-0.39, 0.29) is 12.3 Å². The number of esters is 1. The summed E-state index contributed by atoms with van der Waals surface area (Å²) < 4.78 is 5.27. The molecule has 0 aliphatic rings. The van der Waals surface area contributed by atoms with Gasteiger partial charge < -0.3 is 4.74 Å². The number of carbonyl (C=O) groups excluding carboxylic acids is 1. The molecule has 130 valence electrons. The molecule has 0 unspecified atom stereocenters. The zero-order valence-electron chi connectivity index (χ0n) is 13.6. The van der Waals surface area contributed by atoms with E-state index in [1.807, 2.05) is 24.3 Å². The highest BCUT2D eigenvalue weighted by atomic mass is 32.2. The summed E-state index contributed by atoms with van der Waals surface area (Å²) in [5, 5.41) is 10.7.